The van der Waals surface area contributed by atoms with Crippen LogP contribution in [0.2, 0.25) is 0 Å². The smallest absolute Gasteiger partial charge is 0.251 e. The van der Waals surface area contributed by atoms with Gasteiger partial charge in [-0.1, -0.05) is 30.3 Å². The van der Waals surface area contributed by atoms with Gasteiger partial charge < -0.3 is 14.5 Å². The Morgan fingerprint density at radius 2 is 1.89 bits per heavy atom. The van der Waals surface area contributed by atoms with Gasteiger partial charge in [0.2, 0.25) is 5.91 Å². The monoisotopic (exact) mass is 384 g/mol. The lowest BCUT2D eigenvalue weighted by molar-refractivity contribution is -0.151. The Hall–Kier alpha value is -1.88. The van der Waals surface area contributed by atoms with E-state index in [2.05, 4.69) is 29.2 Å². The minimum absolute atomic E-state index is 0.183. The summed E-state index contributed by atoms with van der Waals surface area (Å²) >= 11 is 0. The molecule has 3 aliphatic heterocycles. The molecule has 2 amide bonds. The number of rotatable bonds is 4. The van der Waals surface area contributed by atoms with Crippen molar-refractivity contribution >= 4 is 11.8 Å². The van der Waals surface area contributed by atoms with Crippen molar-refractivity contribution in [3.8, 4) is 0 Å². The number of nitrogens with zero attached hydrogens (tertiary/aromatic N) is 2. The van der Waals surface area contributed by atoms with Crippen LogP contribution in [0.3, 0.4) is 0 Å². The van der Waals surface area contributed by atoms with E-state index in [9.17, 15) is 9.59 Å². The molecule has 1 atom stereocenters. The number of benzene rings is 1. The number of hydrogen-bond donors (Lipinski definition) is 0. The van der Waals surface area contributed by atoms with Crippen molar-refractivity contribution in [3.05, 3.63) is 35.9 Å². The van der Waals surface area contributed by atoms with Crippen molar-refractivity contribution in [3.63, 3.8) is 0 Å². The molecule has 0 N–H and O–H groups in total. The third-order valence-electron chi connectivity index (χ3n) is 6.85. The Bertz CT molecular complexity index is 676. The molecule has 4 rings (SSSR count). The van der Waals surface area contributed by atoms with Crippen LogP contribution in [0.25, 0.3) is 0 Å². The molecule has 0 unspecified atom stereocenters. The van der Waals surface area contributed by atoms with Gasteiger partial charge in [-0.15, -0.1) is 0 Å². The fourth-order valence-electron chi connectivity index (χ4n) is 4.96. The Morgan fingerprint density at radius 3 is 2.61 bits per heavy atom. The maximum atomic E-state index is 12.7. The minimum atomic E-state index is -0.224. The molecule has 0 bridgehead atoms. The Kier molecular flexibility index (Phi) is 6.00. The first-order chi connectivity index (χ1) is 13.7. The molecule has 152 valence electrons. The molecule has 28 heavy (non-hydrogen) atoms. The molecule has 3 saturated heterocycles. The number of carbonyl (C=O) groups is 2. The summed E-state index contributed by atoms with van der Waals surface area (Å²) in [4.78, 5) is 29.3. The van der Waals surface area contributed by atoms with Crippen LogP contribution in [-0.4, -0.2) is 60.5 Å². The van der Waals surface area contributed by atoms with Gasteiger partial charge in [-0.2, -0.15) is 0 Å². The lowest BCUT2D eigenvalue weighted by Crippen LogP contribution is -2.54. The molecule has 1 aromatic rings. The van der Waals surface area contributed by atoms with Crippen LogP contribution in [-0.2, 0) is 20.7 Å². The summed E-state index contributed by atoms with van der Waals surface area (Å²) in [5, 5.41) is 0. The van der Waals surface area contributed by atoms with Gasteiger partial charge in [0.15, 0.2) is 0 Å². The Morgan fingerprint density at radius 1 is 1.11 bits per heavy atom. The van der Waals surface area contributed by atoms with Gasteiger partial charge in [0.05, 0.1) is 0 Å². The standard InChI is InChI=1S/C23H32N2O3/c26-21-9-11-23(18-25(21)14-10-19-6-2-1-3-7-19)12-15-24(16-13-23)22(27)20-8-4-5-17-28-20/h1-3,6-7,20H,4-5,8-18H2/t20-/m0/s1. The number of ether oxygens (including phenoxy) is 1. The van der Waals surface area contributed by atoms with Crippen molar-refractivity contribution in [2.24, 2.45) is 5.41 Å². The summed E-state index contributed by atoms with van der Waals surface area (Å²) in [6, 6.07) is 10.4. The zero-order valence-corrected chi connectivity index (χ0v) is 16.8. The summed E-state index contributed by atoms with van der Waals surface area (Å²) in [5.74, 6) is 0.470. The third kappa shape index (κ3) is 4.40. The quantitative estimate of drug-likeness (QED) is 0.802. The molecule has 3 fully saturated rings. The highest BCUT2D eigenvalue weighted by atomic mass is 16.5. The minimum Gasteiger partial charge on any atom is -0.368 e. The molecule has 1 spiro atoms. The first-order valence-corrected chi connectivity index (χ1v) is 10.9. The number of carbonyl (C=O) groups excluding carboxylic acids is 2. The van der Waals surface area contributed by atoms with Gasteiger partial charge in [0.1, 0.15) is 6.10 Å². The van der Waals surface area contributed by atoms with Gasteiger partial charge in [0, 0.05) is 39.2 Å². The molecule has 5 heteroatoms. The van der Waals surface area contributed by atoms with Crippen LogP contribution in [0.1, 0.15) is 50.5 Å². The average molecular weight is 385 g/mol. The predicted molar refractivity (Wildman–Crippen MR) is 108 cm³/mol. The molecule has 3 heterocycles. The van der Waals surface area contributed by atoms with Crippen LogP contribution in [0.4, 0.5) is 0 Å². The summed E-state index contributed by atoms with van der Waals surface area (Å²) in [6.45, 7) is 3.97. The number of piperidine rings is 2. The number of likely N-dealkylation sites (tertiary alicyclic amines) is 2. The van der Waals surface area contributed by atoms with E-state index >= 15 is 0 Å². The first-order valence-electron chi connectivity index (χ1n) is 10.9. The maximum Gasteiger partial charge on any atom is 0.251 e. The molecule has 0 radical (unpaired) electrons. The molecular weight excluding hydrogens is 352 g/mol. The molecule has 0 aromatic heterocycles. The van der Waals surface area contributed by atoms with Crippen molar-refractivity contribution in [2.45, 2.75) is 57.5 Å². The highest BCUT2D eigenvalue weighted by molar-refractivity contribution is 5.81. The average Bonchev–Trinajstić information content (AvgIpc) is 2.76. The summed E-state index contributed by atoms with van der Waals surface area (Å²) in [5.41, 5.74) is 1.47. The number of hydrogen-bond acceptors (Lipinski definition) is 3. The van der Waals surface area contributed by atoms with Crippen LogP contribution < -0.4 is 0 Å². The van der Waals surface area contributed by atoms with E-state index in [1.807, 2.05) is 11.0 Å². The second-order valence-corrected chi connectivity index (χ2v) is 8.73. The molecular formula is C23H32N2O3. The normalized spacial score (nSPS) is 25.1. The fraction of sp³-hybridized carbons (Fsp3) is 0.652. The first kappa shape index (κ1) is 19.4. The topological polar surface area (TPSA) is 49.9 Å². The Balaban J connectivity index is 1.31. The second kappa shape index (κ2) is 8.64. The van der Waals surface area contributed by atoms with Crippen molar-refractivity contribution in [1.29, 1.82) is 0 Å². The van der Waals surface area contributed by atoms with E-state index in [1.54, 1.807) is 0 Å². The summed E-state index contributed by atoms with van der Waals surface area (Å²) in [6.07, 6.45) is 7.32. The van der Waals surface area contributed by atoms with Crippen LogP contribution in [0.5, 0.6) is 0 Å². The molecule has 3 aliphatic rings. The van der Waals surface area contributed by atoms with Crippen LogP contribution in [0, 0.1) is 5.41 Å². The van der Waals surface area contributed by atoms with E-state index < -0.39 is 0 Å². The highest BCUT2D eigenvalue weighted by Gasteiger charge is 2.42. The fourth-order valence-corrected chi connectivity index (χ4v) is 4.96. The summed E-state index contributed by atoms with van der Waals surface area (Å²) < 4.78 is 5.69. The zero-order chi connectivity index (χ0) is 19.4. The van der Waals surface area contributed by atoms with Gasteiger partial charge >= 0.3 is 0 Å². The van der Waals surface area contributed by atoms with E-state index in [1.165, 1.54) is 5.56 Å². The van der Waals surface area contributed by atoms with E-state index in [0.717, 1.165) is 71.1 Å². The van der Waals surface area contributed by atoms with Crippen LogP contribution >= 0.6 is 0 Å². The van der Waals surface area contributed by atoms with E-state index in [-0.39, 0.29) is 23.3 Å². The zero-order valence-electron chi connectivity index (χ0n) is 16.8. The lowest BCUT2D eigenvalue weighted by atomic mass is 9.72. The van der Waals surface area contributed by atoms with Crippen molar-refractivity contribution in [1.82, 2.24) is 9.80 Å². The van der Waals surface area contributed by atoms with Crippen LogP contribution in [0.15, 0.2) is 30.3 Å². The summed E-state index contributed by atoms with van der Waals surface area (Å²) in [7, 11) is 0. The van der Waals surface area contributed by atoms with Gasteiger partial charge in [-0.25, -0.2) is 0 Å². The Labute approximate surface area is 168 Å². The molecule has 1 aromatic carbocycles. The van der Waals surface area contributed by atoms with E-state index in [0.29, 0.717) is 13.0 Å². The lowest BCUT2D eigenvalue weighted by Gasteiger charge is -2.48. The number of amides is 2. The highest BCUT2D eigenvalue weighted by Crippen LogP contribution is 2.40. The SMILES string of the molecule is O=C1CCC2(CCN(C(=O)[C@@H]3CCCCO3)CC2)CN1CCc1ccccc1. The van der Waals surface area contributed by atoms with Gasteiger partial charge in [-0.05, 0) is 55.9 Å². The van der Waals surface area contributed by atoms with Gasteiger partial charge in [0.25, 0.3) is 5.91 Å². The molecule has 0 saturated carbocycles. The van der Waals surface area contributed by atoms with Crippen molar-refractivity contribution < 1.29 is 14.3 Å². The maximum absolute atomic E-state index is 12.7. The van der Waals surface area contributed by atoms with Crippen molar-refractivity contribution in [2.75, 3.05) is 32.8 Å². The van der Waals surface area contributed by atoms with Gasteiger partial charge in [-0.3, -0.25) is 9.59 Å². The molecule has 5 nitrogen and oxygen atoms in total. The van der Waals surface area contributed by atoms with E-state index in [4.69, 9.17) is 4.74 Å². The predicted octanol–water partition coefficient (Wildman–Crippen LogP) is 3.03. The largest absolute Gasteiger partial charge is 0.368 e. The third-order valence-corrected chi connectivity index (χ3v) is 6.85. The second-order valence-electron chi connectivity index (χ2n) is 8.73. The molecule has 0 aliphatic carbocycles.